The van der Waals surface area contributed by atoms with E-state index in [0.717, 1.165) is 10.9 Å². The van der Waals surface area contributed by atoms with Crippen LogP contribution in [0, 0.1) is 0 Å². The Labute approximate surface area is 261 Å². The van der Waals surface area contributed by atoms with Gasteiger partial charge >= 0.3 is 262 Å². The topological polar surface area (TPSA) is 275 Å². The van der Waals surface area contributed by atoms with Gasteiger partial charge in [-0.3, -0.25) is 0 Å². The molecular weight excluding hydrogens is 685 g/mol. The van der Waals surface area contributed by atoms with Crippen molar-refractivity contribution in [3.63, 3.8) is 0 Å². The Hall–Kier alpha value is -2.37. The summed E-state index contributed by atoms with van der Waals surface area (Å²) in [5.41, 5.74) is 11.2. The first kappa shape index (κ1) is 31.2. The maximum atomic E-state index is 16.0. The van der Waals surface area contributed by atoms with Gasteiger partial charge in [0.25, 0.3) is 0 Å². The molecular formula is C20H27FN10O10P2S2. The van der Waals surface area contributed by atoms with Crippen molar-refractivity contribution >= 4 is 72.9 Å². The minimum atomic E-state index is -4.48. The summed E-state index contributed by atoms with van der Waals surface area (Å²) in [7, 11) is -8.91. The number of rotatable bonds is 2. The van der Waals surface area contributed by atoms with Gasteiger partial charge in [-0.15, -0.1) is 0 Å². The summed E-state index contributed by atoms with van der Waals surface area (Å²) in [6.07, 6.45) is -7.88. The van der Waals surface area contributed by atoms with Gasteiger partial charge in [-0.1, -0.05) is 0 Å². The van der Waals surface area contributed by atoms with Crippen molar-refractivity contribution in [1.29, 1.82) is 0 Å². The van der Waals surface area contributed by atoms with E-state index in [1.807, 2.05) is 0 Å². The Kier molecular flexibility index (Phi) is 7.92. The number of aromatic nitrogens is 8. The SMILES string of the molecule is Nc1nc2c(ncn2[C@@H]2O[C@@H]3CO[PH](O)(S)O[C@H]4[C@@H](O)[C@H](n5cnc6c(N)ncnc65)O[C@@H]4CO[PH](O)(S)O[C@H]3[C@H]2F)c(=O)[nH]1. The van der Waals surface area contributed by atoms with Crippen LogP contribution in [0.5, 0.6) is 0 Å². The third-order valence-corrected chi connectivity index (χ3v) is 11.1. The van der Waals surface area contributed by atoms with Gasteiger partial charge in [-0.25, -0.2) is 0 Å². The van der Waals surface area contributed by atoms with Crippen LogP contribution in [0.25, 0.3) is 22.3 Å². The Morgan fingerprint density at radius 2 is 1.51 bits per heavy atom. The molecule has 0 unspecified atom stereocenters. The molecule has 8 N–H and O–H groups in total. The second-order valence-corrected chi connectivity index (χ2v) is 16.9. The normalized spacial score (nSPS) is 34.9. The van der Waals surface area contributed by atoms with Gasteiger partial charge in [-0.05, 0) is 0 Å². The van der Waals surface area contributed by atoms with Crippen LogP contribution in [0.1, 0.15) is 12.5 Å². The second kappa shape index (κ2) is 11.4. The predicted octanol–water partition coefficient (Wildman–Crippen LogP) is -0.901. The van der Waals surface area contributed by atoms with Crippen molar-refractivity contribution in [1.82, 2.24) is 39.0 Å². The number of H-pyrrole nitrogens is 1. The molecule has 0 saturated carbocycles. The number of halogens is 1. The molecule has 246 valence electrons. The summed E-state index contributed by atoms with van der Waals surface area (Å²) in [6, 6.07) is 0. The number of nitrogens with two attached hydrogens (primary N) is 2. The molecule has 0 amide bonds. The van der Waals surface area contributed by atoms with Crippen LogP contribution in [0.3, 0.4) is 0 Å². The van der Waals surface area contributed by atoms with Gasteiger partial charge < -0.3 is 0 Å². The summed E-state index contributed by atoms with van der Waals surface area (Å²) in [5, 5.41) is 11.3. The van der Waals surface area contributed by atoms with Gasteiger partial charge in [0.15, 0.2) is 0 Å². The van der Waals surface area contributed by atoms with Crippen LogP contribution in [0.4, 0.5) is 16.2 Å². The zero-order chi connectivity index (χ0) is 31.8. The second-order valence-electron chi connectivity index (χ2n) is 10.3. The zero-order valence-electron chi connectivity index (χ0n) is 22.5. The van der Waals surface area contributed by atoms with Gasteiger partial charge in [0.05, 0.1) is 0 Å². The quantitative estimate of drug-likeness (QED) is 0.0923. The van der Waals surface area contributed by atoms with E-state index in [1.165, 1.54) is 17.2 Å². The van der Waals surface area contributed by atoms with Crippen LogP contribution in [-0.4, -0.2) is 104 Å². The molecule has 7 heterocycles. The number of nitrogen functional groups attached to an aromatic ring is 2. The molecule has 0 bridgehead atoms. The molecule has 3 fully saturated rings. The average molecular weight is 713 g/mol. The van der Waals surface area contributed by atoms with E-state index in [0.29, 0.717) is 0 Å². The first-order valence-electron chi connectivity index (χ1n) is 13.1. The fourth-order valence-corrected chi connectivity index (χ4v) is 8.77. The molecule has 3 aliphatic heterocycles. The number of imidazole rings is 2. The van der Waals surface area contributed by atoms with Crippen molar-refractivity contribution < 1.29 is 46.9 Å². The van der Waals surface area contributed by atoms with E-state index in [2.05, 4.69) is 54.4 Å². The van der Waals surface area contributed by atoms with Crippen molar-refractivity contribution in [2.75, 3.05) is 24.7 Å². The first-order chi connectivity index (χ1) is 21.3. The summed E-state index contributed by atoms with van der Waals surface area (Å²) in [4.78, 5) is 56.8. The van der Waals surface area contributed by atoms with Crippen molar-refractivity contribution in [2.24, 2.45) is 0 Å². The Morgan fingerprint density at radius 3 is 2.22 bits per heavy atom. The Bertz CT molecular complexity index is 1820. The minimum absolute atomic E-state index is 0.0755. The number of thiol groups is 2. The summed E-state index contributed by atoms with van der Waals surface area (Å²) in [6.45, 7) is -1.06. The monoisotopic (exact) mass is 712 g/mol. The van der Waals surface area contributed by atoms with E-state index in [4.69, 9.17) is 39.0 Å². The van der Waals surface area contributed by atoms with Crippen molar-refractivity contribution in [3.05, 3.63) is 29.3 Å². The molecule has 4 aromatic heterocycles. The fourth-order valence-electron chi connectivity index (χ4n) is 5.41. The fraction of sp³-hybridized carbons (Fsp3) is 0.500. The zero-order valence-corrected chi connectivity index (χ0v) is 26.3. The van der Waals surface area contributed by atoms with E-state index in [9.17, 15) is 19.7 Å². The van der Waals surface area contributed by atoms with E-state index >= 15 is 4.39 Å². The molecule has 20 nitrogen and oxygen atoms in total. The first-order valence-corrected chi connectivity index (χ1v) is 19.2. The van der Waals surface area contributed by atoms with Crippen molar-refractivity contribution in [3.8, 4) is 0 Å². The molecule has 25 heteroatoms. The van der Waals surface area contributed by atoms with E-state index in [1.54, 1.807) is 0 Å². The van der Waals surface area contributed by atoms with Crippen LogP contribution in [0.2, 0.25) is 0 Å². The van der Waals surface area contributed by atoms with Gasteiger partial charge in [-0.2, -0.15) is 0 Å². The summed E-state index contributed by atoms with van der Waals surface area (Å²) >= 11 is 8.33. The van der Waals surface area contributed by atoms with Gasteiger partial charge in [0, 0.05) is 0 Å². The van der Waals surface area contributed by atoms with Crippen LogP contribution in [0.15, 0.2) is 23.8 Å². The molecule has 0 aliphatic carbocycles. The number of aromatic amines is 1. The number of ether oxygens (including phenoxy) is 2. The standard InChI is InChI=1S/C20H27FN10O10P2S2/c21-8-12-6(38-18(8)31-5-27-10-16(31)28-20(23)29-17(10)33)1-36-43(35,45)41-13-7(2-37-42(34,44)40-12)39-19(11(13)32)30-4-26-9-14(22)24-3-25-15(9)30/h3-8,11-13,18-19,32,34-35,42-45H,1-2H2,(H2,22,24,25)(H3,23,28,29,33)/t6-,7-,8-,11-,12-,13-,18-,19-/m1/s1. The van der Waals surface area contributed by atoms with Gasteiger partial charge in [0.2, 0.25) is 0 Å². The Morgan fingerprint density at radius 1 is 0.911 bits per heavy atom. The predicted molar refractivity (Wildman–Crippen MR) is 162 cm³/mol. The number of nitrogens with one attached hydrogen (secondary N) is 1. The molecule has 0 aromatic carbocycles. The molecule has 8 atom stereocenters. The number of alkyl halides is 1. The molecule has 0 radical (unpaired) electrons. The number of fused-ring (bicyclic) bond motifs is 4. The molecule has 45 heavy (non-hydrogen) atoms. The third kappa shape index (κ3) is 5.64. The van der Waals surface area contributed by atoms with E-state index < -0.39 is 82.2 Å². The molecule has 0 spiro atoms. The summed E-state index contributed by atoms with van der Waals surface area (Å²) < 4.78 is 53.0. The number of hydrogen-bond donors (Lipinski definition) is 8. The van der Waals surface area contributed by atoms with Crippen LogP contribution < -0.4 is 17.0 Å². The third-order valence-electron chi connectivity index (χ3n) is 7.41. The van der Waals surface area contributed by atoms with Crippen LogP contribution >= 0.6 is 38.8 Å². The average Bonchev–Trinajstić information content (AvgIpc) is 3.72. The summed E-state index contributed by atoms with van der Waals surface area (Å²) in [5.74, 6) is -0.138. The number of aliphatic hydroxyl groups excluding tert-OH is 1. The number of aliphatic hydroxyl groups is 1. The number of nitrogens with zero attached hydrogens (tertiary/aromatic N) is 7. The molecule has 3 aliphatic rings. The number of hydrogen-bond acceptors (Lipinski definition) is 19. The van der Waals surface area contributed by atoms with E-state index in [-0.39, 0.29) is 34.1 Å². The Balaban J connectivity index is 1.16. The van der Waals surface area contributed by atoms with Gasteiger partial charge in [0.1, 0.15) is 0 Å². The van der Waals surface area contributed by atoms with Crippen molar-refractivity contribution in [2.45, 2.75) is 49.1 Å². The van der Waals surface area contributed by atoms with Crippen LogP contribution in [-0.2, 0) is 27.6 Å². The molecule has 7 rings (SSSR count). The molecule has 4 aromatic rings. The molecule has 3 saturated heterocycles. The number of anilines is 2. The maximum absolute atomic E-state index is 16.0.